The predicted molar refractivity (Wildman–Crippen MR) is 55.9 cm³/mol. The third kappa shape index (κ3) is 1.28. The van der Waals surface area contributed by atoms with Crippen LogP contribution in [0, 0.1) is 3.83 Å². The van der Waals surface area contributed by atoms with Gasteiger partial charge in [-0.15, -0.1) is 0 Å². The molecule has 0 aliphatic heterocycles. The van der Waals surface area contributed by atoms with Crippen LogP contribution in [-0.2, 0) is 0 Å². The zero-order valence-electron chi connectivity index (χ0n) is 6.44. The van der Waals surface area contributed by atoms with Crippen molar-refractivity contribution in [3.63, 3.8) is 0 Å². The molecular formula is C8H5IN2O2. The number of fused-ring (bicyclic) bond motifs is 1. The molecule has 0 saturated heterocycles. The molecule has 0 aliphatic carbocycles. The normalized spacial score (nSPS) is 10.5. The zero-order chi connectivity index (χ0) is 9.42. The number of benzene rings is 1. The Hall–Kier alpha value is -1.11. The monoisotopic (exact) mass is 288 g/mol. The van der Waals surface area contributed by atoms with Gasteiger partial charge in [0.25, 0.3) is 0 Å². The Balaban J connectivity index is 2.86. The van der Waals surface area contributed by atoms with Crippen LogP contribution in [0.4, 0.5) is 4.79 Å². The molecule has 0 spiro atoms. The molecule has 1 N–H and O–H groups in total. The summed E-state index contributed by atoms with van der Waals surface area (Å²) in [5.41, 5.74) is 1.33. The Labute approximate surface area is 87.3 Å². The van der Waals surface area contributed by atoms with Crippen LogP contribution in [0.5, 0.6) is 0 Å². The van der Waals surface area contributed by atoms with Crippen LogP contribution in [0.3, 0.4) is 0 Å². The summed E-state index contributed by atoms with van der Waals surface area (Å²) in [6.07, 6.45) is -1.00. The highest BCUT2D eigenvalue weighted by Gasteiger charge is 2.12. The molecule has 5 heteroatoms. The summed E-state index contributed by atoms with van der Waals surface area (Å²) >= 11 is 1.90. The lowest BCUT2D eigenvalue weighted by molar-refractivity contribution is 0.196. The van der Waals surface area contributed by atoms with Gasteiger partial charge in [0, 0.05) is 22.6 Å². The minimum Gasteiger partial charge on any atom is -0.464 e. The van der Waals surface area contributed by atoms with E-state index in [-0.39, 0.29) is 0 Å². The molecule has 0 aliphatic rings. The number of para-hydroxylation sites is 2. The van der Waals surface area contributed by atoms with Crippen LogP contribution < -0.4 is 0 Å². The molecular weight excluding hydrogens is 283 g/mol. The van der Waals surface area contributed by atoms with Crippen LogP contribution in [0.1, 0.15) is 0 Å². The highest BCUT2D eigenvalue weighted by atomic mass is 127. The van der Waals surface area contributed by atoms with Gasteiger partial charge in [-0.05, 0) is 12.1 Å². The Morgan fingerprint density at radius 2 is 2.15 bits per heavy atom. The van der Waals surface area contributed by atoms with E-state index in [1.54, 1.807) is 18.2 Å². The molecule has 0 saturated carbocycles. The number of aromatic nitrogens is 2. The van der Waals surface area contributed by atoms with Crippen molar-refractivity contribution in [2.24, 2.45) is 0 Å². The number of hydrogen-bond donors (Lipinski definition) is 1. The van der Waals surface area contributed by atoms with Gasteiger partial charge in [-0.25, -0.2) is 14.3 Å². The van der Waals surface area contributed by atoms with Crippen LogP contribution in [-0.4, -0.2) is 20.8 Å². The number of imidazole rings is 1. The molecule has 0 fully saturated rings. The second-order valence-electron chi connectivity index (χ2n) is 2.49. The first-order valence-corrected chi connectivity index (χ1v) is 4.64. The lowest BCUT2D eigenvalue weighted by atomic mass is 10.3. The third-order valence-electron chi connectivity index (χ3n) is 1.71. The van der Waals surface area contributed by atoms with E-state index < -0.39 is 6.09 Å². The summed E-state index contributed by atoms with van der Waals surface area (Å²) in [6.45, 7) is 0. The molecule has 2 aromatic rings. The molecule has 1 heterocycles. The van der Waals surface area contributed by atoms with Gasteiger partial charge in [0.15, 0.2) is 3.83 Å². The van der Waals surface area contributed by atoms with Crippen LogP contribution >= 0.6 is 22.6 Å². The molecule has 2 rings (SSSR count). The van der Waals surface area contributed by atoms with Gasteiger partial charge in [-0.2, -0.15) is 0 Å². The summed E-state index contributed by atoms with van der Waals surface area (Å²) in [7, 11) is 0. The van der Waals surface area contributed by atoms with Crippen molar-refractivity contribution in [3.8, 4) is 0 Å². The van der Waals surface area contributed by atoms with Crippen molar-refractivity contribution < 1.29 is 9.90 Å². The van der Waals surface area contributed by atoms with E-state index in [1.807, 2.05) is 28.7 Å². The largest absolute Gasteiger partial charge is 0.464 e. The van der Waals surface area contributed by atoms with Gasteiger partial charge in [0.1, 0.15) is 0 Å². The fraction of sp³-hybridized carbons (Fsp3) is 0. The van der Waals surface area contributed by atoms with Crippen molar-refractivity contribution in [1.29, 1.82) is 0 Å². The number of hydrogen-bond acceptors (Lipinski definition) is 2. The minimum atomic E-state index is -1.00. The van der Waals surface area contributed by atoms with Crippen molar-refractivity contribution >= 4 is 39.7 Å². The number of nitrogens with zero attached hydrogens (tertiary/aromatic N) is 2. The molecule has 0 radical (unpaired) electrons. The van der Waals surface area contributed by atoms with E-state index in [0.29, 0.717) is 14.9 Å². The van der Waals surface area contributed by atoms with E-state index in [4.69, 9.17) is 5.11 Å². The van der Waals surface area contributed by atoms with Crippen molar-refractivity contribution in [2.75, 3.05) is 0 Å². The molecule has 0 bridgehead atoms. The van der Waals surface area contributed by atoms with E-state index in [0.717, 1.165) is 4.57 Å². The maximum atomic E-state index is 10.8. The van der Waals surface area contributed by atoms with Crippen molar-refractivity contribution in [1.82, 2.24) is 9.55 Å². The summed E-state index contributed by atoms with van der Waals surface area (Å²) in [4.78, 5) is 14.9. The van der Waals surface area contributed by atoms with Gasteiger partial charge in [-0.3, -0.25) is 0 Å². The molecule has 66 valence electrons. The predicted octanol–water partition coefficient (Wildman–Crippen LogP) is 2.17. The molecule has 1 aromatic carbocycles. The number of rotatable bonds is 0. The molecule has 0 unspecified atom stereocenters. The quantitative estimate of drug-likeness (QED) is 0.756. The highest BCUT2D eigenvalue weighted by molar-refractivity contribution is 14.1. The first kappa shape index (κ1) is 8.49. The Bertz CT molecular complexity index is 478. The van der Waals surface area contributed by atoms with E-state index in [9.17, 15) is 4.79 Å². The SMILES string of the molecule is O=C(O)n1c(I)nc2ccccc21. The Morgan fingerprint density at radius 1 is 1.46 bits per heavy atom. The van der Waals surface area contributed by atoms with Crippen LogP contribution in [0.2, 0.25) is 0 Å². The topological polar surface area (TPSA) is 55.1 Å². The van der Waals surface area contributed by atoms with Crippen molar-refractivity contribution in [2.45, 2.75) is 0 Å². The second-order valence-corrected chi connectivity index (χ2v) is 3.45. The number of carbonyl (C=O) groups is 1. The minimum absolute atomic E-state index is 0.464. The number of halogens is 1. The van der Waals surface area contributed by atoms with Gasteiger partial charge in [-0.1, -0.05) is 12.1 Å². The maximum Gasteiger partial charge on any atom is 0.418 e. The maximum absolute atomic E-state index is 10.8. The lowest BCUT2D eigenvalue weighted by Crippen LogP contribution is -2.09. The summed E-state index contributed by atoms with van der Waals surface area (Å²) in [6, 6.07) is 7.15. The van der Waals surface area contributed by atoms with E-state index in [1.165, 1.54) is 0 Å². The average molecular weight is 288 g/mol. The second kappa shape index (κ2) is 2.99. The first-order valence-electron chi connectivity index (χ1n) is 3.56. The smallest absolute Gasteiger partial charge is 0.418 e. The van der Waals surface area contributed by atoms with Crippen LogP contribution in [0.15, 0.2) is 24.3 Å². The van der Waals surface area contributed by atoms with Crippen LogP contribution in [0.25, 0.3) is 11.0 Å². The van der Waals surface area contributed by atoms with Gasteiger partial charge < -0.3 is 5.11 Å². The molecule has 4 nitrogen and oxygen atoms in total. The standard InChI is InChI=1S/C8H5IN2O2/c9-7-10-5-3-1-2-4-6(5)11(7)8(12)13/h1-4H,(H,12,13). The van der Waals surface area contributed by atoms with E-state index >= 15 is 0 Å². The molecule has 13 heavy (non-hydrogen) atoms. The fourth-order valence-corrected chi connectivity index (χ4v) is 1.90. The van der Waals surface area contributed by atoms with Crippen molar-refractivity contribution in [3.05, 3.63) is 28.1 Å². The molecule has 0 atom stereocenters. The zero-order valence-corrected chi connectivity index (χ0v) is 8.59. The Kier molecular flexibility index (Phi) is 1.95. The van der Waals surface area contributed by atoms with E-state index in [2.05, 4.69) is 4.98 Å². The number of carboxylic acid groups (broad SMARTS) is 1. The summed E-state index contributed by atoms with van der Waals surface area (Å²) in [5.74, 6) is 0. The average Bonchev–Trinajstić information content (AvgIpc) is 2.39. The van der Waals surface area contributed by atoms with Gasteiger partial charge in [0.2, 0.25) is 0 Å². The molecule has 1 aromatic heterocycles. The molecule has 0 amide bonds. The first-order chi connectivity index (χ1) is 6.20. The van der Waals surface area contributed by atoms with Gasteiger partial charge in [0.05, 0.1) is 11.0 Å². The highest BCUT2D eigenvalue weighted by Crippen LogP contribution is 2.16. The summed E-state index contributed by atoms with van der Waals surface area (Å²) in [5, 5.41) is 8.87. The van der Waals surface area contributed by atoms with Gasteiger partial charge >= 0.3 is 6.09 Å². The summed E-state index contributed by atoms with van der Waals surface area (Å²) < 4.78 is 1.63. The lowest BCUT2D eigenvalue weighted by Gasteiger charge is -1.95. The Morgan fingerprint density at radius 3 is 2.85 bits per heavy atom. The fourth-order valence-electron chi connectivity index (χ4n) is 1.18. The third-order valence-corrected chi connectivity index (χ3v) is 2.43.